The number of fused-ring (bicyclic) bond motifs is 1. The standard InChI is InChI=1S/C8H6BrClN2/c1-12-7-4-5(10)2-3-6(7)8(9)11-12/h2-4H,1H3. The van der Waals surface area contributed by atoms with E-state index in [-0.39, 0.29) is 0 Å². The Labute approximate surface area is 83.3 Å². The van der Waals surface area contributed by atoms with Crippen molar-refractivity contribution in [3.05, 3.63) is 27.8 Å². The zero-order valence-electron chi connectivity index (χ0n) is 6.38. The van der Waals surface area contributed by atoms with Crippen molar-refractivity contribution in [1.29, 1.82) is 0 Å². The molecule has 0 fully saturated rings. The molecule has 0 atom stereocenters. The average molecular weight is 246 g/mol. The molecule has 0 N–H and O–H groups in total. The summed E-state index contributed by atoms with van der Waals surface area (Å²) in [6, 6.07) is 5.71. The fraction of sp³-hybridized carbons (Fsp3) is 0.125. The molecule has 0 unspecified atom stereocenters. The average Bonchev–Trinajstić information content (AvgIpc) is 2.28. The maximum absolute atomic E-state index is 5.84. The molecule has 4 heteroatoms. The monoisotopic (exact) mass is 244 g/mol. The number of hydrogen-bond donors (Lipinski definition) is 0. The van der Waals surface area contributed by atoms with Crippen LogP contribution in [0.5, 0.6) is 0 Å². The van der Waals surface area contributed by atoms with Crippen molar-refractivity contribution < 1.29 is 0 Å². The Bertz CT molecular complexity index is 436. The highest BCUT2D eigenvalue weighted by atomic mass is 79.9. The summed E-state index contributed by atoms with van der Waals surface area (Å²) < 4.78 is 2.65. The lowest BCUT2D eigenvalue weighted by molar-refractivity contribution is 0.788. The van der Waals surface area contributed by atoms with Gasteiger partial charge in [-0.05, 0) is 34.1 Å². The van der Waals surface area contributed by atoms with Gasteiger partial charge in [0.2, 0.25) is 0 Å². The van der Waals surface area contributed by atoms with Gasteiger partial charge >= 0.3 is 0 Å². The summed E-state index contributed by atoms with van der Waals surface area (Å²) in [5.41, 5.74) is 1.04. The number of halogens is 2. The molecule has 2 rings (SSSR count). The Morgan fingerprint density at radius 3 is 3.00 bits per heavy atom. The maximum atomic E-state index is 5.84. The Morgan fingerprint density at radius 1 is 1.50 bits per heavy atom. The Morgan fingerprint density at radius 2 is 2.25 bits per heavy atom. The van der Waals surface area contributed by atoms with E-state index in [1.807, 2.05) is 25.2 Å². The van der Waals surface area contributed by atoms with Crippen LogP contribution in [-0.2, 0) is 7.05 Å². The van der Waals surface area contributed by atoms with Gasteiger partial charge in [0.25, 0.3) is 0 Å². The molecule has 0 bridgehead atoms. The third-order valence-electron chi connectivity index (χ3n) is 1.77. The number of nitrogens with zero attached hydrogens (tertiary/aromatic N) is 2. The number of rotatable bonds is 0. The zero-order valence-corrected chi connectivity index (χ0v) is 8.72. The lowest BCUT2D eigenvalue weighted by Crippen LogP contribution is -1.88. The molecule has 0 saturated carbocycles. The van der Waals surface area contributed by atoms with E-state index in [0.717, 1.165) is 20.5 Å². The molecule has 0 saturated heterocycles. The van der Waals surface area contributed by atoms with E-state index in [2.05, 4.69) is 21.0 Å². The van der Waals surface area contributed by atoms with Gasteiger partial charge in [-0.25, -0.2) is 0 Å². The van der Waals surface area contributed by atoms with Crippen molar-refractivity contribution in [1.82, 2.24) is 9.78 Å². The normalized spacial score (nSPS) is 10.9. The highest BCUT2D eigenvalue weighted by Crippen LogP contribution is 2.24. The van der Waals surface area contributed by atoms with Crippen molar-refractivity contribution in [3.8, 4) is 0 Å². The molecule has 0 aliphatic carbocycles. The van der Waals surface area contributed by atoms with Gasteiger partial charge in [0.05, 0.1) is 5.52 Å². The molecule has 0 radical (unpaired) electrons. The SMILES string of the molecule is Cn1nc(Br)c2ccc(Cl)cc21. The second-order valence-electron chi connectivity index (χ2n) is 2.58. The van der Waals surface area contributed by atoms with Gasteiger partial charge in [0, 0.05) is 17.5 Å². The molecule has 0 aliphatic heterocycles. The van der Waals surface area contributed by atoms with Crippen LogP contribution in [0.4, 0.5) is 0 Å². The summed E-state index contributed by atoms with van der Waals surface area (Å²) in [7, 11) is 1.89. The third-order valence-corrected chi connectivity index (χ3v) is 2.59. The summed E-state index contributed by atoms with van der Waals surface area (Å²) in [6.07, 6.45) is 0. The van der Waals surface area contributed by atoms with Crippen LogP contribution in [0, 0.1) is 0 Å². The quantitative estimate of drug-likeness (QED) is 0.698. The lowest BCUT2D eigenvalue weighted by atomic mass is 10.3. The van der Waals surface area contributed by atoms with Crippen LogP contribution >= 0.6 is 27.5 Å². The van der Waals surface area contributed by atoms with Crippen LogP contribution in [0.2, 0.25) is 5.02 Å². The predicted octanol–water partition coefficient (Wildman–Crippen LogP) is 2.99. The van der Waals surface area contributed by atoms with Crippen LogP contribution in [0.3, 0.4) is 0 Å². The Kier molecular flexibility index (Phi) is 1.85. The number of hydrogen-bond acceptors (Lipinski definition) is 1. The highest BCUT2D eigenvalue weighted by molar-refractivity contribution is 9.10. The molecule has 0 spiro atoms. The van der Waals surface area contributed by atoms with E-state index >= 15 is 0 Å². The number of aromatic nitrogens is 2. The Balaban J connectivity index is 2.90. The van der Waals surface area contributed by atoms with Crippen molar-refractivity contribution in [3.63, 3.8) is 0 Å². The molecule has 1 aromatic heterocycles. The first kappa shape index (κ1) is 8.08. The van der Waals surface area contributed by atoms with E-state index in [9.17, 15) is 0 Å². The van der Waals surface area contributed by atoms with Crippen molar-refractivity contribution >= 4 is 38.4 Å². The largest absolute Gasteiger partial charge is 0.267 e. The van der Waals surface area contributed by atoms with Gasteiger partial charge in [-0.15, -0.1) is 0 Å². The first-order chi connectivity index (χ1) is 5.68. The van der Waals surface area contributed by atoms with E-state index in [1.165, 1.54) is 0 Å². The van der Waals surface area contributed by atoms with Crippen LogP contribution in [-0.4, -0.2) is 9.78 Å². The molecule has 2 aromatic rings. The van der Waals surface area contributed by atoms with Crippen molar-refractivity contribution in [2.24, 2.45) is 7.05 Å². The van der Waals surface area contributed by atoms with Gasteiger partial charge in [-0.1, -0.05) is 11.6 Å². The van der Waals surface area contributed by atoms with E-state index in [0.29, 0.717) is 0 Å². The van der Waals surface area contributed by atoms with E-state index in [4.69, 9.17) is 11.6 Å². The number of aryl methyl sites for hydroxylation is 1. The first-order valence-electron chi connectivity index (χ1n) is 3.46. The molecule has 2 nitrogen and oxygen atoms in total. The lowest BCUT2D eigenvalue weighted by Gasteiger charge is -1.93. The summed E-state index contributed by atoms with van der Waals surface area (Å²) in [5.74, 6) is 0. The van der Waals surface area contributed by atoms with Crippen molar-refractivity contribution in [2.45, 2.75) is 0 Å². The summed E-state index contributed by atoms with van der Waals surface area (Å²) in [6.45, 7) is 0. The van der Waals surface area contributed by atoms with E-state index in [1.54, 1.807) is 4.68 Å². The zero-order chi connectivity index (χ0) is 8.72. The molecular weight excluding hydrogens is 239 g/mol. The minimum atomic E-state index is 0.734. The van der Waals surface area contributed by atoms with E-state index < -0.39 is 0 Å². The number of benzene rings is 1. The molecular formula is C8H6BrClN2. The third kappa shape index (κ3) is 1.13. The minimum absolute atomic E-state index is 0.734. The van der Waals surface area contributed by atoms with Gasteiger partial charge in [-0.2, -0.15) is 5.10 Å². The van der Waals surface area contributed by atoms with Crippen molar-refractivity contribution in [2.75, 3.05) is 0 Å². The summed E-state index contributed by atoms with van der Waals surface area (Å²) in [5, 5.41) is 6.03. The smallest absolute Gasteiger partial charge is 0.135 e. The van der Waals surface area contributed by atoms with Gasteiger partial charge in [-0.3, -0.25) is 4.68 Å². The van der Waals surface area contributed by atoms with Gasteiger partial charge in [0.15, 0.2) is 0 Å². The molecule has 12 heavy (non-hydrogen) atoms. The predicted molar refractivity (Wildman–Crippen MR) is 53.4 cm³/mol. The first-order valence-corrected chi connectivity index (χ1v) is 4.63. The molecule has 0 aliphatic rings. The highest BCUT2D eigenvalue weighted by Gasteiger charge is 2.04. The van der Waals surface area contributed by atoms with Gasteiger partial charge < -0.3 is 0 Å². The Hall–Kier alpha value is -0.540. The minimum Gasteiger partial charge on any atom is -0.267 e. The fourth-order valence-corrected chi connectivity index (χ4v) is 1.93. The summed E-state index contributed by atoms with van der Waals surface area (Å²) >= 11 is 9.21. The van der Waals surface area contributed by atoms with Crippen LogP contribution in [0.1, 0.15) is 0 Å². The second kappa shape index (κ2) is 2.75. The molecule has 0 amide bonds. The molecule has 1 heterocycles. The molecule has 62 valence electrons. The van der Waals surface area contributed by atoms with Gasteiger partial charge in [0.1, 0.15) is 4.60 Å². The van der Waals surface area contributed by atoms with Crippen LogP contribution in [0.15, 0.2) is 22.8 Å². The summed E-state index contributed by atoms with van der Waals surface area (Å²) in [4.78, 5) is 0. The van der Waals surface area contributed by atoms with Crippen LogP contribution in [0.25, 0.3) is 10.9 Å². The topological polar surface area (TPSA) is 17.8 Å². The molecule has 1 aromatic carbocycles. The second-order valence-corrected chi connectivity index (χ2v) is 3.76. The van der Waals surface area contributed by atoms with Crippen LogP contribution < -0.4 is 0 Å². The maximum Gasteiger partial charge on any atom is 0.135 e. The fourth-order valence-electron chi connectivity index (χ4n) is 1.19.